The Morgan fingerprint density at radius 2 is 1.63 bits per heavy atom. The maximum absolute atomic E-state index is 12.0. The van der Waals surface area contributed by atoms with Crippen LogP contribution in [0.1, 0.15) is 31.3 Å². The van der Waals surface area contributed by atoms with Crippen molar-refractivity contribution in [2.24, 2.45) is 0 Å². The van der Waals surface area contributed by atoms with Crippen molar-refractivity contribution >= 4 is 20.2 Å². The Kier molecular flexibility index (Phi) is 8.35. The van der Waals surface area contributed by atoms with Gasteiger partial charge in [-0.1, -0.05) is 30.3 Å². The first kappa shape index (κ1) is 30.7. The van der Waals surface area contributed by atoms with Gasteiger partial charge in [0.25, 0.3) is 20.2 Å². The van der Waals surface area contributed by atoms with Gasteiger partial charge in [0.2, 0.25) is 0 Å². The number of nitrogens with zero attached hydrogens (tertiary/aromatic N) is 5. The second-order valence-electron chi connectivity index (χ2n) is 10.6. The Morgan fingerprint density at radius 3 is 2.26 bits per heavy atom. The summed E-state index contributed by atoms with van der Waals surface area (Å²) < 4.78 is 74.6. The molecular weight excluding hydrogens is 598 g/mol. The molecule has 2 aromatic carbocycles. The Morgan fingerprint density at radius 1 is 0.953 bits per heavy atom. The molecule has 0 amide bonds. The van der Waals surface area contributed by atoms with Crippen LogP contribution in [-0.2, 0) is 40.7 Å². The standard InChI is InChI=1S/C28H33N5O8S2/c1-19(2)33-27(29-20(3)31-33)24-16-32-13-14-38-25-15-22(11-12-23(25)26(32)30-24)41-28(17-39-42(4,34)35,18-40-43(5,36)37)21-9-7-6-8-10-21/h6-12,15-16,19H,13-14,17-18H2,1-5H3. The predicted molar refractivity (Wildman–Crippen MR) is 158 cm³/mol. The third kappa shape index (κ3) is 7.06. The van der Waals surface area contributed by atoms with Gasteiger partial charge in [-0.05, 0) is 32.9 Å². The van der Waals surface area contributed by atoms with E-state index in [1.54, 1.807) is 48.5 Å². The second kappa shape index (κ2) is 11.7. The van der Waals surface area contributed by atoms with E-state index in [1.807, 2.05) is 36.2 Å². The van der Waals surface area contributed by atoms with E-state index >= 15 is 0 Å². The smallest absolute Gasteiger partial charge is 0.264 e. The molecule has 0 spiro atoms. The molecule has 3 heterocycles. The molecule has 0 N–H and O–H groups in total. The molecule has 230 valence electrons. The average Bonchev–Trinajstić information content (AvgIpc) is 3.49. The summed E-state index contributed by atoms with van der Waals surface area (Å²) >= 11 is 0. The Labute approximate surface area is 250 Å². The van der Waals surface area contributed by atoms with E-state index in [4.69, 9.17) is 22.8 Å². The number of imidazole rings is 1. The number of hydrogen-bond donors (Lipinski definition) is 0. The highest BCUT2D eigenvalue weighted by atomic mass is 32.2. The van der Waals surface area contributed by atoms with Crippen LogP contribution in [0.2, 0.25) is 0 Å². The lowest BCUT2D eigenvalue weighted by Crippen LogP contribution is -2.44. The number of hydrogen-bond acceptors (Lipinski definition) is 11. The highest BCUT2D eigenvalue weighted by Gasteiger charge is 2.39. The molecule has 1 aliphatic heterocycles. The Hall–Kier alpha value is -3.79. The van der Waals surface area contributed by atoms with Gasteiger partial charge >= 0.3 is 0 Å². The third-order valence-electron chi connectivity index (χ3n) is 6.64. The third-order valence-corrected chi connectivity index (χ3v) is 7.73. The number of aromatic nitrogens is 5. The van der Waals surface area contributed by atoms with Crippen LogP contribution in [0.3, 0.4) is 0 Å². The number of rotatable bonds is 11. The number of fused-ring (bicyclic) bond motifs is 3. The minimum absolute atomic E-state index is 0.0938. The fourth-order valence-electron chi connectivity index (χ4n) is 4.70. The molecule has 13 nitrogen and oxygen atoms in total. The van der Waals surface area contributed by atoms with E-state index in [-0.39, 0.29) is 11.8 Å². The molecule has 0 radical (unpaired) electrons. The van der Waals surface area contributed by atoms with Gasteiger partial charge in [-0.2, -0.15) is 21.9 Å². The Balaban J connectivity index is 1.55. The molecule has 0 saturated heterocycles. The van der Waals surface area contributed by atoms with Gasteiger partial charge in [0.15, 0.2) is 11.4 Å². The van der Waals surface area contributed by atoms with Gasteiger partial charge in [0.1, 0.15) is 48.7 Å². The first-order chi connectivity index (χ1) is 20.2. The van der Waals surface area contributed by atoms with Crippen molar-refractivity contribution in [1.29, 1.82) is 0 Å². The van der Waals surface area contributed by atoms with Gasteiger partial charge in [0.05, 0.1) is 24.6 Å². The maximum Gasteiger partial charge on any atom is 0.264 e. The molecule has 0 fully saturated rings. The molecular formula is C28H33N5O8S2. The zero-order valence-electron chi connectivity index (χ0n) is 24.4. The van der Waals surface area contributed by atoms with Gasteiger partial charge in [0, 0.05) is 23.9 Å². The SMILES string of the molecule is Cc1nc(-c2cn3c(n2)-c2ccc(OC(COS(C)(=O)=O)(COS(C)(=O)=O)c4ccccc4)cc2OCC3)n(C(C)C)n1. The molecule has 0 bridgehead atoms. The van der Waals surface area contributed by atoms with Gasteiger partial charge in [-0.15, -0.1) is 0 Å². The van der Waals surface area contributed by atoms with Crippen LogP contribution in [0.15, 0.2) is 54.7 Å². The molecule has 1 aliphatic rings. The van der Waals surface area contributed by atoms with E-state index in [0.717, 1.165) is 12.5 Å². The van der Waals surface area contributed by atoms with Gasteiger partial charge < -0.3 is 14.0 Å². The first-order valence-corrected chi connectivity index (χ1v) is 17.1. The highest BCUT2D eigenvalue weighted by molar-refractivity contribution is 7.86. The van der Waals surface area contributed by atoms with Crippen molar-refractivity contribution in [3.05, 3.63) is 66.1 Å². The van der Waals surface area contributed by atoms with Crippen LogP contribution in [0, 0.1) is 6.92 Å². The normalized spacial score (nSPS) is 13.7. The predicted octanol–water partition coefficient (Wildman–Crippen LogP) is 3.32. The molecule has 5 rings (SSSR count). The van der Waals surface area contributed by atoms with Crippen LogP contribution in [0.5, 0.6) is 11.5 Å². The monoisotopic (exact) mass is 631 g/mol. The van der Waals surface area contributed by atoms with Crippen molar-refractivity contribution in [2.45, 2.75) is 39.0 Å². The van der Waals surface area contributed by atoms with Crippen molar-refractivity contribution in [3.63, 3.8) is 0 Å². The second-order valence-corrected chi connectivity index (χ2v) is 13.9. The molecule has 0 unspecified atom stereocenters. The van der Waals surface area contributed by atoms with Gasteiger partial charge in [-0.25, -0.2) is 14.6 Å². The molecule has 43 heavy (non-hydrogen) atoms. The maximum atomic E-state index is 12.0. The van der Waals surface area contributed by atoms with Crippen molar-refractivity contribution in [3.8, 4) is 34.4 Å². The fourth-order valence-corrected chi connectivity index (χ4v) is 5.51. The minimum Gasteiger partial charge on any atom is -0.491 e. The van der Waals surface area contributed by atoms with E-state index < -0.39 is 39.1 Å². The van der Waals surface area contributed by atoms with Crippen LogP contribution >= 0.6 is 0 Å². The van der Waals surface area contributed by atoms with E-state index in [9.17, 15) is 16.8 Å². The molecule has 2 aromatic heterocycles. The largest absolute Gasteiger partial charge is 0.491 e. The highest BCUT2D eigenvalue weighted by Crippen LogP contribution is 2.39. The summed E-state index contributed by atoms with van der Waals surface area (Å²) in [5, 5.41) is 4.51. The zero-order valence-corrected chi connectivity index (χ0v) is 26.1. The first-order valence-electron chi connectivity index (χ1n) is 13.4. The molecule has 15 heteroatoms. The Bertz CT molecular complexity index is 1800. The topological polar surface area (TPSA) is 154 Å². The molecule has 0 aliphatic carbocycles. The van der Waals surface area contributed by atoms with E-state index in [0.29, 0.717) is 53.2 Å². The minimum atomic E-state index is -3.92. The number of benzene rings is 2. The van der Waals surface area contributed by atoms with Crippen LogP contribution in [0.25, 0.3) is 22.9 Å². The summed E-state index contributed by atoms with van der Waals surface area (Å²) in [6.45, 7) is 5.67. The van der Waals surface area contributed by atoms with Crippen molar-refractivity contribution in [1.82, 2.24) is 24.3 Å². The van der Waals surface area contributed by atoms with Gasteiger partial charge in [-0.3, -0.25) is 8.37 Å². The molecule has 0 saturated carbocycles. The molecule has 4 aromatic rings. The summed E-state index contributed by atoms with van der Waals surface area (Å²) in [7, 11) is -7.85. The number of aryl methyl sites for hydroxylation is 1. The lowest BCUT2D eigenvalue weighted by Gasteiger charge is -2.34. The van der Waals surface area contributed by atoms with E-state index in [1.165, 1.54) is 0 Å². The van der Waals surface area contributed by atoms with Crippen LogP contribution in [0.4, 0.5) is 0 Å². The lowest BCUT2D eigenvalue weighted by molar-refractivity contribution is -0.0189. The average molecular weight is 632 g/mol. The summed E-state index contributed by atoms with van der Waals surface area (Å²) in [5.41, 5.74) is 0.171. The van der Waals surface area contributed by atoms with Crippen molar-refractivity contribution < 1.29 is 34.7 Å². The molecule has 0 atom stereocenters. The summed E-state index contributed by atoms with van der Waals surface area (Å²) in [6, 6.07) is 13.7. The quantitative estimate of drug-likeness (QED) is 0.224. The van der Waals surface area contributed by atoms with Crippen LogP contribution in [-0.4, -0.2) is 73.5 Å². The lowest BCUT2D eigenvalue weighted by atomic mass is 9.95. The van der Waals surface area contributed by atoms with Crippen molar-refractivity contribution in [2.75, 3.05) is 32.3 Å². The summed E-state index contributed by atoms with van der Waals surface area (Å²) in [4.78, 5) is 9.48. The number of ether oxygens (including phenoxy) is 2. The summed E-state index contributed by atoms with van der Waals surface area (Å²) in [6.07, 6.45) is 3.72. The fraction of sp³-hybridized carbons (Fsp3) is 0.393. The van der Waals surface area contributed by atoms with E-state index in [2.05, 4.69) is 10.1 Å². The zero-order chi connectivity index (χ0) is 31.0. The summed E-state index contributed by atoms with van der Waals surface area (Å²) in [5.74, 6) is 2.73. The van der Waals surface area contributed by atoms with Crippen LogP contribution < -0.4 is 9.47 Å².